The predicted molar refractivity (Wildman–Crippen MR) is 54.0 cm³/mol. The number of furan rings is 1. The SMILES string of the molecule is OCC1(Cc2ccco2)CCNCC1. The van der Waals surface area contributed by atoms with Crippen LogP contribution in [-0.4, -0.2) is 24.8 Å². The van der Waals surface area contributed by atoms with Crippen molar-refractivity contribution in [1.29, 1.82) is 0 Å². The molecule has 1 aliphatic rings. The number of nitrogens with one attached hydrogen (secondary N) is 1. The van der Waals surface area contributed by atoms with Gasteiger partial charge in [0.25, 0.3) is 0 Å². The second kappa shape index (κ2) is 4.15. The quantitative estimate of drug-likeness (QED) is 0.761. The summed E-state index contributed by atoms with van der Waals surface area (Å²) in [6.07, 6.45) is 4.62. The molecule has 1 aromatic heterocycles. The molecule has 0 spiro atoms. The highest BCUT2D eigenvalue weighted by molar-refractivity contribution is 5.03. The minimum atomic E-state index is 0.0447. The molecule has 1 aromatic rings. The largest absolute Gasteiger partial charge is 0.469 e. The lowest BCUT2D eigenvalue weighted by atomic mass is 9.76. The summed E-state index contributed by atoms with van der Waals surface area (Å²) >= 11 is 0. The molecule has 0 saturated carbocycles. The molecule has 78 valence electrons. The molecule has 2 N–H and O–H groups in total. The van der Waals surface area contributed by atoms with E-state index in [0.29, 0.717) is 0 Å². The first kappa shape index (κ1) is 9.74. The van der Waals surface area contributed by atoms with E-state index in [1.807, 2.05) is 12.1 Å². The van der Waals surface area contributed by atoms with Gasteiger partial charge in [-0.05, 0) is 38.1 Å². The summed E-state index contributed by atoms with van der Waals surface area (Å²) in [6, 6.07) is 3.89. The second-order valence-corrected chi connectivity index (χ2v) is 4.16. The third-order valence-electron chi connectivity index (χ3n) is 3.13. The van der Waals surface area contributed by atoms with Crippen molar-refractivity contribution in [3.63, 3.8) is 0 Å². The summed E-state index contributed by atoms with van der Waals surface area (Å²) in [4.78, 5) is 0. The maximum Gasteiger partial charge on any atom is 0.104 e. The lowest BCUT2D eigenvalue weighted by molar-refractivity contribution is 0.0839. The average molecular weight is 195 g/mol. The molecular weight excluding hydrogens is 178 g/mol. The molecular formula is C11H17NO2. The van der Waals surface area contributed by atoms with E-state index >= 15 is 0 Å². The number of hydrogen-bond acceptors (Lipinski definition) is 3. The number of piperidine rings is 1. The third-order valence-corrected chi connectivity index (χ3v) is 3.13. The molecule has 2 heterocycles. The van der Waals surface area contributed by atoms with Crippen molar-refractivity contribution in [2.24, 2.45) is 5.41 Å². The van der Waals surface area contributed by atoms with Crippen LogP contribution in [0.15, 0.2) is 22.8 Å². The van der Waals surface area contributed by atoms with E-state index in [4.69, 9.17) is 4.42 Å². The zero-order chi connectivity index (χ0) is 9.86. The summed E-state index contributed by atoms with van der Waals surface area (Å²) < 4.78 is 5.33. The minimum Gasteiger partial charge on any atom is -0.469 e. The van der Waals surface area contributed by atoms with Gasteiger partial charge in [0, 0.05) is 18.4 Å². The zero-order valence-electron chi connectivity index (χ0n) is 8.33. The standard InChI is InChI=1S/C11H17NO2/c13-9-11(3-5-12-6-4-11)8-10-2-1-7-14-10/h1-2,7,12-13H,3-6,8-9H2. The van der Waals surface area contributed by atoms with Crippen LogP contribution in [0, 0.1) is 5.41 Å². The van der Waals surface area contributed by atoms with E-state index < -0.39 is 0 Å². The van der Waals surface area contributed by atoms with Crippen molar-refractivity contribution >= 4 is 0 Å². The molecule has 1 fully saturated rings. The van der Waals surface area contributed by atoms with Crippen LogP contribution in [0.4, 0.5) is 0 Å². The Hall–Kier alpha value is -0.800. The van der Waals surface area contributed by atoms with Gasteiger partial charge in [0.15, 0.2) is 0 Å². The van der Waals surface area contributed by atoms with Crippen LogP contribution in [0.2, 0.25) is 0 Å². The smallest absolute Gasteiger partial charge is 0.104 e. The number of rotatable bonds is 3. The van der Waals surface area contributed by atoms with Gasteiger partial charge in [-0.15, -0.1) is 0 Å². The van der Waals surface area contributed by atoms with Crippen molar-refractivity contribution in [3.05, 3.63) is 24.2 Å². The van der Waals surface area contributed by atoms with Gasteiger partial charge in [-0.1, -0.05) is 0 Å². The van der Waals surface area contributed by atoms with E-state index in [1.54, 1.807) is 6.26 Å². The van der Waals surface area contributed by atoms with Crippen LogP contribution in [0.3, 0.4) is 0 Å². The van der Waals surface area contributed by atoms with Gasteiger partial charge < -0.3 is 14.8 Å². The maximum absolute atomic E-state index is 9.47. The van der Waals surface area contributed by atoms with E-state index in [9.17, 15) is 5.11 Å². The molecule has 0 bridgehead atoms. The molecule has 0 aromatic carbocycles. The normalized spacial score (nSPS) is 20.9. The molecule has 0 atom stereocenters. The van der Waals surface area contributed by atoms with E-state index in [-0.39, 0.29) is 12.0 Å². The fraction of sp³-hybridized carbons (Fsp3) is 0.636. The summed E-state index contributed by atoms with van der Waals surface area (Å²) in [5, 5.41) is 12.8. The van der Waals surface area contributed by atoms with Gasteiger partial charge in [-0.3, -0.25) is 0 Å². The summed E-state index contributed by atoms with van der Waals surface area (Å²) in [7, 11) is 0. The second-order valence-electron chi connectivity index (χ2n) is 4.16. The lowest BCUT2D eigenvalue weighted by Crippen LogP contribution is -2.40. The highest BCUT2D eigenvalue weighted by Crippen LogP contribution is 2.32. The number of aliphatic hydroxyl groups excluding tert-OH is 1. The van der Waals surface area contributed by atoms with E-state index in [1.165, 1.54) is 0 Å². The van der Waals surface area contributed by atoms with Crippen LogP contribution < -0.4 is 5.32 Å². The average Bonchev–Trinajstić information content (AvgIpc) is 2.72. The Balaban J connectivity index is 2.04. The minimum absolute atomic E-state index is 0.0447. The summed E-state index contributed by atoms with van der Waals surface area (Å²) in [5.74, 6) is 0.987. The van der Waals surface area contributed by atoms with Gasteiger partial charge in [-0.25, -0.2) is 0 Å². The van der Waals surface area contributed by atoms with Gasteiger partial charge in [-0.2, -0.15) is 0 Å². The Labute approximate surface area is 84.1 Å². The van der Waals surface area contributed by atoms with Crippen LogP contribution in [-0.2, 0) is 6.42 Å². The monoisotopic (exact) mass is 195 g/mol. The topological polar surface area (TPSA) is 45.4 Å². The Bertz CT molecular complexity index is 263. The molecule has 3 nitrogen and oxygen atoms in total. The fourth-order valence-electron chi connectivity index (χ4n) is 2.13. The highest BCUT2D eigenvalue weighted by Gasteiger charge is 2.32. The van der Waals surface area contributed by atoms with Crippen LogP contribution in [0.25, 0.3) is 0 Å². The maximum atomic E-state index is 9.47. The van der Waals surface area contributed by atoms with Crippen LogP contribution in [0.5, 0.6) is 0 Å². The van der Waals surface area contributed by atoms with Gasteiger partial charge in [0.05, 0.1) is 6.26 Å². The third kappa shape index (κ3) is 1.99. The predicted octanol–water partition coefficient (Wildman–Crippen LogP) is 1.18. The molecule has 0 amide bonds. The van der Waals surface area contributed by atoms with Crippen molar-refractivity contribution in [3.8, 4) is 0 Å². The van der Waals surface area contributed by atoms with Crippen molar-refractivity contribution in [2.45, 2.75) is 19.3 Å². The molecule has 0 aliphatic carbocycles. The van der Waals surface area contributed by atoms with Crippen LogP contribution in [0.1, 0.15) is 18.6 Å². The van der Waals surface area contributed by atoms with Gasteiger partial charge >= 0.3 is 0 Å². The van der Waals surface area contributed by atoms with Gasteiger partial charge in [0.1, 0.15) is 5.76 Å². The number of aliphatic hydroxyl groups is 1. The van der Waals surface area contributed by atoms with Crippen LogP contribution >= 0.6 is 0 Å². The molecule has 0 radical (unpaired) electrons. The van der Waals surface area contributed by atoms with Crippen molar-refractivity contribution in [1.82, 2.24) is 5.32 Å². The molecule has 3 heteroatoms. The Kier molecular flexibility index (Phi) is 2.89. The number of hydrogen-bond donors (Lipinski definition) is 2. The molecule has 14 heavy (non-hydrogen) atoms. The molecule has 2 rings (SSSR count). The van der Waals surface area contributed by atoms with Crippen molar-refractivity contribution < 1.29 is 9.52 Å². The van der Waals surface area contributed by atoms with E-state index in [0.717, 1.165) is 38.1 Å². The van der Waals surface area contributed by atoms with Crippen molar-refractivity contribution in [2.75, 3.05) is 19.7 Å². The lowest BCUT2D eigenvalue weighted by Gasteiger charge is -2.35. The first-order chi connectivity index (χ1) is 6.85. The first-order valence-electron chi connectivity index (χ1n) is 5.19. The van der Waals surface area contributed by atoms with Gasteiger partial charge in [0.2, 0.25) is 0 Å². The summed E-state index contributed by atoms with van der Waals surface area (Å²) in [5.41, 5.74) is 0.0447. The fourth-order valence-corrected chi connectivity index (χ4v) is 2.13. The Morgan fingerprint density at radius 3 is 2.79 bits per heavy atom. The molecule has 0 unspecified atom stereocenters. The highest BCUT2D eigenvalue weighted by atomic mass is 16.3. The molecule has 1 aliphatic heterocycles. The first-order valence-corrected chi connectivity index (χ1v) is 5.19. The Morgan fingerprint density at radius 1 is 1.43 bits per heavy atom. The zero-order valence-corrected chi connectivity index (χ0v) is 8.33. The summed E-state index contributed by atoms with van der Waals surface area (Å²) in [6.45, 7) is 2.26. The Morgan fingerprint density at radius 2 is 2.21 bits per heavy atom. The molecule has 1 saturated heterocycles. The van der Waals surface area contributed by atoms with E-state index in [2.05, 4.69) is 5.32 Å².